The Morgan fingerprint density at radius 2 is 1.61 bits per heavy atom. The predicted octanol–water partition coefficient (Wildman–Crippen LogP) is 5.19. The third kappa shape index (κ3) is 4.14. The molecular formula is C20H18O2S. The molecule has 1 atom stereocenters. The highest BCUT2D eigenvalue weighted by Crippen LogP contribution is 2.30. The maximum absolute atomic E-state index is 11.2. The van der Waals surface area contributed by atoms with Crippen LogP contribution in [0.15, 0.2) is 77.7 Å². The van der Waals surface area contributed by atoms with E-state index in [1.165, 1.54) is 15.7 Å². The van der Waals surface area contributed by atoms with Gasteiger partial charge in [0.2, 0.25) is 0 Å². The molecule has 3 aromatic carbocycles. The molecule has 116 valence electrons. The van der Waals surface area contributed by atoms with Crippen molar-refractivity contribution >= 4 is 28.5 Å². The number of carboxylic acids is 1. The molecule has 0 saturated heterocycles. The van der Waals surface area contributed by atoms with E-state index in [4.69, 9.17) is 0 Å². The molecule has 3 aromatic rings. The molecule has 3 heteroatoms. The highest BCUT2D eigenvalue weighted by molar-refractivity contribution is 7.99. The van der Waals surface area contributed by atoms with Gasteiger partial charge in [-0.15, -0.1) is 11.8 Å². The molecule has 0 saturated carbocycles. The van der Waals surface area contributed by atoms with Crippen molar-refractivity contribution in [1.82, 2.24) is 0 Å². The van der Waals surface area contributed by atoms with E-state index in [0.717, 1.165) is 11.3 Å². The van der Waals surface area contributed by atoms with Gasteiger partial charge < -0.3 is 5.11 Å². The Labute approximate surface area is 140 Å². The van der Waals surface area contributed by atoms with Gasteiger partial charge in [0.15, 0.2) is 0 Å². The lowest BCUT2D eigenvalue weighted by atomic mass is 9.98. The van der Waals surface area contributed by atoms with Crippen molar-refractivity contribution in [2.24, 2.45) is 0 Å². The smallest absolute Gasteiger partial charge is 0.303 e. The zero-order valence-corrected chi connectivity index (χ0v) is 13.5. The number of hydrogen-bond acceptors (Lipinski definition) is 2. The van der Waals surface area contributed by atoms with Crippen molar-refractivity contribution in [3.63, 3.8) is 0 Å². The molecule has 0 unspecified atom stereocenters. The number of hydrogen-bond donors (Lipinski definition) is 1. The summed E-state index contributed by atoms with van der Waals surface area (Å²) in [6, 6.07) is 24.6. The van der Waals surface area contributed by atoms with Crippen LogP contribution in [0.25, 0.3) is 10.8 Å². The summed E-state index contributed by atoms with van der Waals surface area (Å²) in [5.41, 5.74) is 1.09. The molecule has 2 nitrogen and oxygen atoms in total. The molecule has 3 rings (SSSR count). The summed E-state index contributed by atoms with van der Waals surface area (Å²) >= 11 is 1.72. The summed E-state index contributed by atoms with van der Waals surface area (Å²) in [6.45, 7) is 0. The summed E-state index contributed by atoms with van der Waals surface area (Å²) in [5.74, 6) is 0.0254. The average molecular weight is 322 g/mol. The summed E-state index contributed by atoms with van der Waals surface area (Å²) in [7, 11) is 0. The summed E-state index contributed by atoms with van der Waals surface area (Å²) in [5, 5.41) is 11.6. The number of carbonyl (C=O) groups is 1. The molecule has 0 bridgehead atoms. The van der Waals surface area contributed by atoms with Crippen LogP contribution in [0.3, 0.4) is 0 Å². The average Bonchev–Trinajstić information content (AvgIpc) is 2.59. The van der Waals surface area contributed by atoms with E-state index in [1.807, 2.05) is 42.5 Å². The second-order valence-corrected chi connectivity index (χ2v) is 6.62. The first-order valence-corrected chi connectivity index (χ1v) is 8.59. The van der Waals surface area contributed by atoms with Gasteiger partial charge in [0, 0.05) is 16.6 Å². The van der Waals surface area contributed by atoms with Crippen LogP contribution in [-0.2, 0) is 4.79 Å². The van der Waals surface area contributed by atoms with Gasteiger partial charge in [-0.05, 0) is 28.5 Å². The first kappa shape index (κ1) is 15.6. The Kier molecular flexibility index (Phi) is 4.99. The number of thioether (sulfide) groups is 1. The van der Waals surface area contributed by atoms with Gasteiger partial charge >= 0.3 is 5.97 Å². The van der Waals surface area contributed by atoms with Crippen molar-refractivity contribution < 1.29 is 9.90 Å². The molecule has 0 radical (unpaired) electrons. The Hall–Kier alpha value is -2.26. The lowest BCUT2D eigenvalue weighted by molar-refractivity contribution is -0.137. The number of fused-ring (bicyclic) bond motifs is 1. The minimum Gasteiger partial charge on any atom is -0.481 e. The maximum Gasteiger partial charge on any atom is 0.303 e. The second-order valence-electron chi connectivity index (χ2n) is 5.53. The standard InChI is InChI=1S/C20H18O2S/c21-20(22)13-18(15-6-2-1-3-7-15)14-23-19-11-10-16-8-4-5-9-17(16)12-19/h1-12,18H,13-14H2,(H,21,22)/t18-/m1/s1. The zero-order chi connectivity index (χ0) is 16.1. The summed E-state index contributed by atoms with van der Waals surface area (Å²) in [6.07, 6.45) is 0.157. The molecule has 0 amide bonds. The molecule has 0 heterocycles. The fourth-order valence-corrected chi connectivity index (χ4v) is 3.74. The van der Waals surface area contributed by atoms with Gasteiger partial charge in [-0.1, -0.05) is 60.7 Å². The van der Waals surface area contributed by atoms with E-state index in [1.54, 1.807) is 11.8 Å². The van der Waals surface area contributed by atoms with Crippen LogP contribution in [0, 0.1) is 0 Å². The molecule has 0 aliphatic heterocycles. The lowest BCUT2D eigenvalue weighted by Gasteiger charge is -2.15. The minimum absolute atomic E-state index is 0.0187. The summed E-state index contributed by atoms with van der Waals surface area (Å²) < 4.78 is 0. The maximum atomic E-state index is 11.2. The quantitative estimate of drug-likeness (QED) is 0.635. The van der Waals surface area contributed by atoms with Crippen LogP contribution in [-0.4, -0.2) is 16.8 Å². The molecule has 0 spiro atoms. The molecular weight excluding hydrogens is 304 g/mol. The van der Waals surface area contributed by atoms with E-state index in [2.05, 4.69) is 30.3 Å². The Bertz CT molecular complexity index is 799. The number of benzene rings is 3. The van der Waals surface area contributed by atoms with E-state index >= 15 is 0 Å². The SMILES string of the molecule is O=C(O)C[C@H](CSc1ccc2ccccc2c1)c1ccccc1. The largest absolute Gasteiger partial charge is 0.481 e. The van der Waals surface area contributed by atoms with E-state index in [0.29, 0.717) is 0 Å². The first-order valence-electron chi connectivity index (χ1n) is 7.61. The van der Waals surface area contributed by atoms with Crippen molar-refractivity contribution in [2.45, 2.75) is 17.2 Å². The van der Waals surface area contributed by atoms with Crippen molar-refractivity contribution in [2.75, 3.05) is 5.75 Å². The molecule has 1 N–H and O–H groups in total. The minimum atomic E-state index is -0.752. The highest BCUT2D eigenvalue weighted by Gasteiger charge is 2.16. The first-order chi connectivity index (χ1) is 11.2. The monoisotopic (exact) mass is 322 g/mol. The zero-order valence-electron chi connectivity index (χ0n) is 12.7. The summed E-state index contributed by atoms with van der Waals surface area (Å²) in [4.78, 5) is 12.3. The van der Waals surface area contributed by atoms with Gasteiger partial charge in [0.1, 0.15) is 0 Å². The third-order valence-corrected chi connectivity index (χ3v) is 5.02. The van der Waals surface area contributed by atoms with Gasteiger partial charge in [-0.25, -0.2) is 0 Å². The molecule has 0 aliphatic carbocycles. The van der Waals surface area contributed by atoms with Crippen molar-refractivity contribution in [1.29, 1.82) is 0 Å². The number of rotatable bonds is 6. The third-order valence-electron chi connectivity index (χ3n) is 3.86. The van der Waals surface area contributed by atoms with Crippen molar-refractivity contribution in [3.8, 4) is 0 Å². The van der Waals surface area contributed by atoms with Crippen LogP contribution in [0.5, 0.6) is 0 Å². The molecule has 0 fully saturated rings. The normalized spacial score (nSPS) is 12.2. The fourth-order valence-electron chi connectivity index (χ4n) is 2.66. The molecule has 0 aliphatic rings. The van der Waals surface area contributed by atoms with Crippen LogP contribution in [0.4, 0.5) is 0 Å². The Morgan fingerprint density at radius 1 is 0.913 bits per heavy atom. The molecule has 23 heavy (non-hydrogen) atoms. The fraction of sp³-hybridized carbons (Fsp3) is 0.150. The predicted molar refractivity (Wildman–Crippen MR) is 96.1 cm³/mol. The lowest BCUT2D eigenvalue weighted by Crippen LogP contribution is -2.08. The van der Waals surface area contributed by atoms with Crippen LogP contribution in [0.2, 0.25) is 0 Å². The van der Waals surface area contributed by atoms with E-state index in [-0.39, 0.29) is 12.3 Å². The molecule has 0 aromatic heterocycles. The van der Waals surface area contributed by atoms with Crippen molar-refractivity contribution in [3.05, 3.63) is 78.4 Å². The van der Waals surface area contributed by atoms with Gasteiger partial charge in [0.25, 0.3) is 0 Å². The second kappa shape index (κ2) is 7.34. The van der Waals surface area contributed by atoms with Crippen LogP contribution < -0.4 is 0 Å². The van der Waals surface area contributed by atoms with Gasteiger partial charge in [0.05, 0.1) is 6.42 Å². The van der Waals surface area contributed by atoms with Gasteiger partial charge in [-0.3, -0.25) is 4.79 Å². The van der Waals surface area contributed by atoms with Gasteiger partial charge in [-0.2, -0.15) is 0 Å². The topological polar surface area (TPSA) is 37.3 Å². The van der Waals surface area contributed by atoms with E-state index in [9.17, 15) is 9.90 Å². The number of aliphatic carboxylic acids is 1. The van der Waals surface area contributed by atoms with Crippen LogP contribution >= 0.6 is 11.8 Å². The highest BCUT2D eigenvalue weighted by atomic mass is 32.2. The Morgan fingerprint density at radius 3 is 2.35 bits per heavy atom. The Balaban J connectivity index is 1.75. The number of carboxylic acid groups (broad SMARTS) is 1. The van der Waals surface area contributed by atoms with Crippen LogP contribution in [0.1, 0.15) is 17.9 Å². The van der Waals surface area contributed by atoms with E-state index < -0.39 is 5.97 Å².